The van der Waals surface area contributed by atoms with E-state index >= 15 is 0 Å². The molecule has 0 bridgehead atoms. The number of alkyl halides is 1. The van der Waals surface area contributed by atoms with E-state index < -0.39 is 30.2 Å². The van der Waals surface area contributed by atoms with Gasteiger partial charge in [-0.2, -0.15) is 0 Å². The van der Waals surface area contributed by atoms with Gasteiger partial charge in [0.25, 0.3) is 5.91 Å². The third-order valence-corrected chi connectivity index (χ3v) is 2.71. The Labute approximate surface area is 120 Å². The van der Waals surface area contributed by atoms with Crippen molar-refractivity contribution in [2.45, 2.75) is 25.5 Å². The number of rotatable bonds is 6. The molecule has 0 saturated carbocycles. The number of benzene rings is 1. The van der Waals surface area contributed by atoms with E-state index in [4.69, 9.17) is 21.4 Å². The minimum atomic E-state index is -1.59. The molecule has 110 valence electrons. The zero-order valence-corrected chi connectivity index (χ0v) is 11.8. The first-order valence-electron chi connectivity index (χ1n) is 5.80. The number of carboxylic acid groups (broad SMARTS) is 1. The molecule has 20 heavy (non-hydrogen) atoms. The molecular weight excluding hydrogens is 289 g/mol. The van der Waals surface area contributed by atoms with Gasteiger partial charge in [-0.05, 0) is 32.0 Å². The Morgan fingerprint density at radius 3 is 2.65 bits per heavy atom. The van der Waals surface area contributed by atoms with Crippen LogP contribution in [-0.2, 0) is 9.59 Å². The average Bonchev–Trinajstić information content (AvgIpc) is 2.34. The first-order chi connectivity index (χ1) is 9.26. The molecule has 0 saturated heterocycles. The minimum Gasteiger partial charge on any atom is -0.480 e. The molecule has 0 aliphatic heterocycles. The number of carboxylic acids is 1. The second-order valence-electron chi connectivity index (χ2n) is 4.59. The van der Waals surface area contributed by atoms with Gasteiger partial charge < -0.3 is 15.2 Å². The molecule has 7 heteroatoms. The summed E-state index contributed by atoms with van der Waals surface area (Å²) in [5, 5.41) is 11.2. The zero-order valence-electron chi connectivity index (χ0n) is 11.0. The Morgan fingerprint density at radius 2 is 2.15 bits per heavy atom. The van der Waals surface area contributed by atoms with Crippen LogP contribution in [0.1, 0.15) is 13.8 Å². The monoisotopic (exact) mass is 303 g/mol. The van der Waals surface area contributed by atoms with E-state index in [0.29, 0.717) is 10.8 Å². The van der Waals surface area contributed by atoms with Gasteiger partial charge in [0.1, 0.15) is 12.4 Å². The summed E-state index contributed by atoms with van der Waals surface area (Å²) < 4.78 is 17.9. The number of amides is 1. The van der Waals surface area contributed by atoms with Crippen LogP contribution in [0.15, 0.2) is 24.3 Å². The standard InChI is InChI=1S/C13H15ClFNO4/c1-13(2,12(19)16-10(7-15)11(17)18)20-9-5-3-4-8(14)6-9/h3-6,10H,7H2,1-2H3,(H,16,19)(H,17,18). The third-order valence-electron chi connectivity index (χ3n) is 2.47. The second-order valence-corrected chi connectivity index (χ2v) is 5.02. The lowest BCUT2D eigenvalue weighted by Crippen LogP contribution is -2.53. The second kappa shape index (κ2) is 6.56. The van der Waals surface area contributed by atoms with Crippen LogP contribution in [0.5, 0.6) is 5.75 Å². The van der Waals surface area contributed by atoms with Gasteiger partial charge in [-0.3, -0.25) is 4.79 Å². The van der Waals surface area contributed by atoms with E-state index in [-0.39, 0.29) is 0 Å². The molecule has 0 aliphatic rings. The van der Waals surface area contributed by atoms with Crippen molar-refractivity contribution < 1.29 is 23.8 Å². The van der Waals surface area contributed by atoms with Gasteiger partial charge in [-0.1, -0.05) is 17.7 Å². The van der Waals surface area contributed by atoms with Gasteiger partial charge in [-0.25, -0.2) is 9.18 Å². The fourth-order valence-corrected chi connectivity index (χ4v) is 1.55. The third kappa shape index (κ3) is 4.38. The van der Waals surface area contributed by atoms with E-state index in [0.717, 1.165) is 0 Å². The first-order valence-corrected chi connectivity index (χ1v) is 6.18. The van der Waals surface area contributed by atoms with Crippen LogP contribution in [0, 0.1) is 0 Å². The van der Waals surface area contributed by atoms with Gasteiger partial charge in [0, 0.05) is 5.02 Å². The maximum Gasteiger partial charge on any atom is 0.328 e. The quantitative estimate of drug-likeness (QED) is 0.843. The molecule has 5 nitrogen and oxygen atoms in total. The van der Waals surface area contributed by atoms with Crippen molar-refractivity contribution in [3.63, 3.8) is 0 Å². The summed E-state index contributed by atoms with van der Waals surface area (Å²) in [4.78, 5) is 22.6. The number of carbonyl (C=O) groups excluding carboxylic acids is 1. The maximum atomic E-state index is 12.5. The van der Waals surface area contributed by atoms with Crippen LogP contribution < -0.4 is 10.1 Å². The highest BCUT2D eigenvalue weighted by Gasteiger charge is 2.33. The molecule has 1 unspecified atom stereocenters. The SMILES string of the molecule is CC(C)(Oc1cccc(Cl)c1)C(=O)NC(CF)C(=O)O. The molecule has 0 aliphatic carbocycles. The number of hydrogen-bond donors (Lipinski definition) is 2. The summed E-state index contributed by atoms with van der Waals surface area (Å²) in [6.45, 7) is 1.69. The van der Waals surface area contributed by atoms with Crippen molar-refractivity contribution in [2.24, 2.45) is 0 Å². The largest absolute Gasteiger partial charge is 0.480 e. The van der Waals surface area contributed by atoms with Crippen LogP contribution in [0.4, 0.5) is 4.39 Å². The first kappa shape index (κ1) is 16.2. The molecule has 1 amide bonds. The highest BCUT2D eigenvalue weighted by molar-refractivity contribution is 6.30. The van der Waals surface area contributed by atoms with Crippen LogP contribution in [0.3, 0.4) is 0 Å². The Hall–Kier alpha value is -1.82. The zero-order chi connectivity index (χ0) is 15.3. The van der Waals surface area contributed by atoms with Gasteiger partial charge in [0.15, 0.2) is 11.6 Å². The molecule has 1 atom stereocenters. The van der Waals surface area contributed by atoms with Gasteiger partial charge in [-0.15, -0.1) is 0 Å². The maximum absolute atomic E-state index is 12.5. The highest BCUT2D eigenvalue weighted by Crippen LogP contribution is 2.22. The molecule has 2 N–H and O–H groups in total. The van der Waals surface area contributed by atoms with Crippen molar-refractivity contribution in [1.82, 2.24) is 5.32 Å². The molecule has 0 aromatic heterocycles. The number of carbonyl (C=O) groups is 2. The predicted molar refractivity (Wildman–Crippen MR) is 71.7 cm³/mol. The topological polar surface area (TPSA) is 75.6 Å². The molecule has 1 aromatic carbocycles. The van der Waals surface area contributed by atoms with E-state index in [1.54, 1.807) is 18.2 Å². The summed E-state index contributed by atoms with van der Waals surface area (Å²) in [6.07, 6.45) is 0. The summed E-state index contributed by atoms with van der Waals surface area (Å²) in [5.74, 6) is -1.83. The van der Waals surface area contributed by atoms with Crippen LogP contribution in [0.25, 0.3) is 0 Å². The van der Waals surface area contributed by atoms with Crippen LogP contribution in [-0.4, -0.2) is 35.3 Å². The summed E-state index contributed by atoms with van der Waals surface area (Å²) in [5.41, 5.74) is -1.37. The molecule has 0 heterocycles. The number of halogens is 2. The Bertz CT molecular complexity index is 507. The Balaban J connectivity index is 2.77. The lowest BCUT2D eigenvalue weighted by Gasteiger charge is -2.26. The molecule has 1 aromatic rings. The summed E-state index contributed by atoms with van der Waals surface area (Å²) >= 11 is 5.79. The van der Waals surface area contributed by atoms with E-state index in [9.17, 15) is 14.0 Å². The van der Waals surface area contributed by atoms with Gasteiger partial charge in [0.05, 0.1) is 0 Å². The number of nitrogens with one attached hydrogen (secondary N) is 1. The van der Waals surface area contributed by atoms with Crippen molar-refractivity contribution in [2.75, 3.05) is 6.67 Å². The smallest absolute Gasteiger partial charge is 0.328 e. The minimum absolute atomic E-state index is 0.352. The van der Waals surface area contributed by atoms with E-state index in [1.807, 2.05) is 0 Å². The van der Waals surface area contributed by atoms with Crippen LogP contribution >= 0.6 is 11.6 Å². The predicted octanol–water partition coefficient (Wildman–Crippen LogP) is 2.04. The summed E-state index contributed by atoms with van der Waals surface area (Å²) in [7, 11) is 0. The molecule has 1 rings (SSSR count). The fourth-order valence-electron chi connectivity index (χ4n) is 1.37. The lowest BCUT2D eigenvalue weighted by atomic mass is 10.1. The van der Waals surface area contributed by atoms with E-state index in [1.165, 1.54) is 19.9 Å². The highest BCUT2D eigenvalue weighted by atomic mass is 35.5. The molecule has 0 spiro atoms. The van der Waals surface area contributed by atoms with Gasteiger partial charge in [0.2, 0.25) is 0 Å². The molecule has 0 radical (unpaired) electrons. The number of hydrogen-bond acceptors (Lipinski definition) is 3. The van der Waals surface area contributed by atoms with Crippen molar-refractivity contribution in [1.29, 1.82) is 0 Å². The molecule has 0 fully saturated rings. The van der Waals surface area contributed by atoms with Crippen molar-refractivity contribution >= 4 is 23.5 Å². The number of aliphatic carboxylic acids is 1. The number of ether oxygens (including phenoxy) is 1. The van der Waals surface area contributed by atoms with Crippen molar-refractivity contribution in [3.8, 4) is 5.75 Å². The Kier molecular flexibility index (Phi) is 5.33. The average molecular weight is 304 g/mol. The Morgan fingerprint density at radius 1 is 1.50 bits per heavy atom. The summed E-state index contributed by atoms with van der Waals surface area (Å²) in [6, 6.07) is 4.81. The van der Waals surface area contributed by atoms with Gasteiger partial charge >= 0.3 is 5.97 Å². The van der Waals surface area contributed by atoms with Crippen LogP contribution in [0.2, 0.25) is 5.02 Å². The normalized spacial score (nSPS) is 12.6. The van der Waals surface area contributed by atoms with E-state index in [2.05, 4.69) is 5.32 Å². The van der Waals surface area contributed by atoms with Crippen molar-refractivity contribution in [3.05, 3.63) is 29.3 Å². The molecular formula is C13H15ClFNO4. The fraction of sp³-hybridized carbons (Fsp3) is 0.385. The lowest BCUT2D eigenvalue weighted by molar-refractivity contribution is -0.145.